The molecule has 116 valence electrons. The van der Waals surface area contributed by atoms with E-state index in [-0.39, 0.29) is 0 Å². The van der Waals surface area contributed by atoms with E-state index in [0.29, 0.717) is 6.04 Å². The highest BCUT2D eigenvalue weighted by atomic mass is 16.5. The lowest BCUT2D eigenvalue weighted by Crippen LogP contribution is -2.30. The smallest absolute Gasteiger partial charge is 0.119 e. The molecule has 2 heteroatoms. The molecule has 1 saturated heterocycles. The van der Waals surface area contributed by atoms with Crippen molar-refractivity contribution in [2.45, 2.75) is 32.2 Å². The van der Waals surface area contributed by atoms with Crippen LogP contribution in [0.25, 0.3) is 0 Å². The molecule has 1 N–H and O–H groups in total. The van der Waals surface area contributed by atoms with E-state index < -0.39 is 0 Å². The van der Waals surface area contributed by atoms with Crippen molar-refractivity contribution in [1.82, 2.24) is 5.32 Å². The first kappa shape index (κ1) is 15.1. The molecule has 1 aliphatic rings. The van der Waals surface area contributed by atoms with E-state index in [0.717, 1.165) is 31.2 Å². The highest BCUT2D eigenvalue weighted by molar-refractivity contribution is 5.28. The highest BCUT2D eigenvalue weighted by Gasteiger charge is 2.26. The van der Waals surface area contributed by atoms with Gasteiger partial charge >= 0.3 is 0 Å². The second kappa shape index (κ2) is 7.46. The summed E-state index contributed by atoms with van der Waals surface area (Å²) in [6, 6.07) is 20.0. The minimum absolute atomic E-state index is 0.582. The van der Waals surface area contributed by atoms with Gasteiger partial charge in [0.2, 0.25) is 0 Å². The normalized spacial score (nSPS) is 21.0. The van der Waals surface area contributed by atoms with Gasteiger partial charge in [-0.15, -0.1) is 0 Å². The van der Waals surface area contributed by atoms with Crippen LogP contribution in [0, 0.1) is 5.92 Å². The molecule has 0 spiro atoms. The minimum Gasteiger partial charge on any atom is -0.494 e. The van der Waals surface area contributed by atoms with Crippen LogP contribution < -0.4 is 10.1 Å². The van der Waals surface area contributed by atoms with Crippen LogP contribution in [0.5, 0.6) is 5.75 Å². The molecule has 0 amide bonds. The molecule has 2 unspecified atom stereocenters. The summed E-state index contributed by atoms with van der Waals surface area (Å²) in [4.78, 5) is 0. The Morgan fingerprint density at radius 3 is 2.41 bits per heavy atom. The lowest BCUT2D eigenvalue weighted by molar-refractivity contribution is 0.340. The molecule has 2 aromatic rings. The molecule has 0 radical (unpaired) electrons. The molecule has 2 atom stereocenters. The Morgan fingerprint density at radius 1 is 0.955 bits per heavy atom. The molecule has 2 aromatic carbocycles. The Kier molecular flexibility index (Phi) is 5.12. The van der Waals surface area contributed by atoms with Gasteiger partial charge in [0.1, 0.15) is 5.75 Å². The molecule has 0 aliphatic carbocycles. The van der Waals surface area contributed by atoms with Gasteiger partial charge in [0.15, 0.2) is 0 Å². The van der Waals surface area contributed by atoms with Gasteiger partial charge in [-0.3, -0.25) is 0 Å². The molecule has 1 heterocycles. The third-order valence-corrected chi connectivity index (χ3v) is 4.52. The van der Waals surface area contributed by atoms with Crippen molar-refractivity contribution in [3.63, 3.8) is 0 Å². The molecule has 0 saturated carbocycles. The molecule has 22 heavy (non-hydrogen) atoms. The summed E-state index contributed by atoms with van der Waals surface area (Å²) in [6.45, 7) is 3.88. The average Bonchev–Trinajstić information content (AvgIpc) is 2.97. The Labute approximate surface area is 133 Å². The summed E-state index contributed by atoms with van der Waals surface area (Å²) < 4.78 is 5.52. The van der Waals surface area contributed by atoms with E-state index in [9.17, 15) is 0 Å². The lowest BCUT2D eigenvalue weighted by Gasteiger charge is -2.20. The van der Waals surface area contributed by atoms with Gasteiger partial charge in [-0.1, -0.05) is 42.5 Å². The lowest BCUT2D eigenvalue weighted by atomic mass is 9.89. The molecule has 1 fully saturated rings. The van der Waals surface area contributed by atoms with E-state index in [1.165, 1.54) is 24.0 Å². The fourth-order valence-electron chi connectivity index (χ4n) is 3.36. The summed E-state index contributed by atoms with van der Waals surface area (Å²) in [5.74, 6) is 1.69. The Morgan fingerprint density at radius 2 is 1.68 bits per heavy atom. The summed E-state index contributed by atoms with van der Waals surface area (Å²) in [6.07, 6.45) is 3.55. The van der Waals surface area contributed by atoms with Crippen LogP contribution >= 0.6 is 0 Å². The van der Waals surface area contributed by atoms with Crippen LogP contribution in [0.1, 0.15) is 24.5 Å². The molecular formula is C20H25NO. The van der Waals surface area contributed by atoms with E-state index in [4.69, 9.17) is 4.74 Å². The highest BCUT2D eigenvalue weighted by Crippen LogP contribution is 2.24. The molecule has 1 aliphatic heterocycles. The fourth-order valence-corrected chi connectivity index (χ4v) is 3.36. The van der Waals surface area contributed by atoms with Crippen molar-refractivity contribution in [2.75, 3.05) is 13.2 Å². The van der Waals surface area contributed by atoms with Crippen molar-refractivity contribution in [1.29, 1.82) is 0 Å². The average molecular weight is 295 g/mol. The van der Waals surface area contributed by atoms with Crippen molar-refractivity contribution in [2.24, 2.45) is 5.92 Å². The molecule has 2 nitrogen and oxygen atoms in total. The first-order chi connectivity index (χ1) is 10.8. The second-order valence-electron chi connectivity index (χ2n) is 6.08. The van der Waals surface area contributed by atoms with Crippen molar-refractivity contribution in [3.05, 3.63) is 65.7 Å². The topological polar surface area (TPSA) is 21.3 Å². The third kappa shape index (κ3) is 3.89. The van der Waals surface area contributed by atoms with Crippen LogP contribution in [0.3, 0.4) is 0 Å². The van der Waals surface area contributed by atoms with Gasteiger partial charge in [-0.05, 0) is 61.9 Å². The van der Waals surface area contributed by atoms with Gasteiger partial charge in [-0.25, -0.2) is 0 Å². The van der Waals surface area contributed by atoms with Gasteiger partial charge in [0, 0.05) is 6.04 Å². The summed E-state index contributed by atoms with van der Waals surface area (Å²) in [7, 11) is 0. The minimum atomic E-state index is 0.582. The zero-order valence-electron chi connectivity index (χ0n) is 13.3. The SMILES string of the molecule is CCOc1ccc(CC2NCCC2Cc2ccccc2)cc1. The molecule has 3 rings (SSSR count). The monoisotopic (exact) mass is 295 g/mol. The maximum absolute atomic E-state index is 5.52. The van der Waals surface area contributed by atoms with Crippen LogP contribution in [0.4, 0.5) is 0 Å². The summed E-state index contributed by atoms with van der Waals surface area (Å²) in [5, 5.41) is 3.68. The third-order valence-electron chi connectivity index (χ3n) is 4.52. The van der Waals surface area contributed by atoms with Crippen LogP contribution in [-0.4, -0.2) is 19.2 Å². The number of hydrogen-bond donors (Lipinski definition) is 1. The molecular weight excluding hydrogens is 270 g/mol. The summed E-state index contributed by atoms with van der Waals surface area (Å²) >= 11 is 0. The molecule has 0 bridgehead atoms. The van der Waals surface area contributed by atoms with Crippen molar-refractivity contribution < 1.29 is 4.74 Å². The van der Waals surface area contributed by atoms with Crippen LogP contribution in [-0.2, 0) is 12.8 Å². The maximum atomic E-state index is 5.52. The number of rotatable bonds is 6. The van der Waals surface area contributed by atoms with Gasteiger partial charge in [0.25, 0.3) is 0 Å². The van der Waals surface area contributed by atoms with Gasteiger partial charge in [-0.2, -0.15) is 0 Å². The molecule has 0 aromatic heterocycles. The Balaban J connectivity index is 1.61. The number of benzene rings is 2. The Bertz CT molecular complexity index is 564. The Hall–Kier alpha value is -1.80. The number of nitrogens with one attached hydrogen (secondary N) is 1. The summed E-state index contributed by atoms with van der Waals surface area (Å²) in [5.41, 5.74) is 2.84. The van der Waals surface area contributed by atoms with Crippen LogP contribution in [0.15, 0.2) is 54.6 Å². The quantitative estimate of drug-likeness (QED) is 0.874. The first-order valence-corrected chi connectivity index (χ1v) is 8.34. The van der Waals surface area contributed by atoms with Crippen LogP contribution in [0.2, 0.25) is 0 Å². The van der Waals surface area contributed by atoms with E-state index >= 15 is 0 Å². The van der Waals surface area contributed by atoms with Crippen molar-refractivity contribution >= 4 is 0 Å². The predicted octanol–water partition coefficient (Wildman–Crippen LogP) is 3.85. The van der Waals surface area contributed by atoms with E-state index in [1.54, 1.807) is 0 Å². The van der Waals surface area contributed by atoms with E-state index in [1.807, 2.05) is 6.92 Å². The van der Waals surface area contributed by atoms with Gasteiger partial charge in [0.05, 0.1) is 6.61 Å². The fraction of sp³-hybridized carbons (Fsp3) is 0.400. The first-order valence-electron chi connectivity index (χ1n) is 8.34. The number of hydrogen-bond acceptors (Lipinski definition) is 2. The van der Waals surface area contributed by atoms with E-state index in [2.05, 4.69) is 59.9 Å². The zero-order valence-corrected chi connectivity index (χ0v) is 13.3. The van der Waals surface area contributed by atoms with Crippen molar-refractivity contribution in [3.8, 4) is 5.75 Å². The maximum Gasteiger partial charge on any atom is 0.119 e. The second-order valence-corrected chi connectivity index (χ2v) is 6.08. The standard InChI is InChI=1S/C20H25NO/c1-2-22-19-10-8-17(9-11-19)15-20-18(12-13-21-20)14-16-6-4-3-5-7-16/h3-11,18,20-21H,2,12-15H2,1H3. The number of ether oxygens (including phenoxy) is 1. The zero-order chi connectivity index (χ0) is 15.2. The van der Waals surface area contributed by atoms with Gasteiger partial charge < -0.3 is 10.1 Å². The largest absolute Gasteiger partial charge is 0.494 e. The predicted molar refractivity (Wildman–Crippen MR) is 91.4 cm³/mol.